The van der Waals surface area contributed by atoms with Gasteiger partial charge in [0, 0.05) is 5.56 Å². The van der Waals surface area contributed by atoms with Crippen molar-refractivity contribution < 1.29 is 14.3 Å². The van der Waals surface area contributed by atoms with Gasteiger partial charge in [0.2, 0.25) is 0 Å². The Morgan fingerprint density at radius 1 is 0.913 bits per heavy atom. The van der Waals surface area contributed by atoms with Crippen LogP contribution >= 0.6 is 0 Å². The molecule has 1 N–H and O–H groups in total. The fraction of sp³-hybridized carbons (Fsp3) is 0.263. The highest BCUT2D eigenvalue weighted by atomic mass is 16.6. The maximum Gasteiger partial charge on any atom is 0.333 e. The van der Waals surface area contributed by atoms with E-state index >= 15 is 0 Å². The Morgan fingerprint density at radius 2 is 1.43 bits per heavy atom. The predicted molar refractivity (Wildman–Crippen MR) is 88.9 cm³/mol. The molecule has 1 amide bonds. The van der Waals surface area contributed by atoms with E-state index in [2.05, 4.69) is 5.32 Å². The molecule has 4 nitrogen and oxygen atoms in total. The lowest BCUT2D eigenvalue weighted by Gasteiger charge is -2.24. The lowest BCUT2D eigenvalue weighted by atomic mass is 10.1. The Bertz CT molecular complexity index is 660. The fourth-order valence-corrected chi connectivity index (χ4v) is 2.09. The van der Waals surface area contributed by atoms with Crippen molar-refractivity contribution in [2.24, 2.45) is 0 Å². The molecule has 0 aliphatic rings. The second-order valence-electron chi connectivity index (χ2n) is 6.22. The highest BCUT2D eigenvalue weighted by Crippen LogP contribution is 2.19. The van der Waals surface area contributed by atoms with Gasteiger partial charge in [0.15, 0.2) is 6.04 Å². The number of hydrogen-bond donors (Lipinski definition) is 1. The van der Waals surface area contributed by atoms with Crippen LogP contribution in [0.1, 0.15) is 42.7 Å². The number of benzene rings is 2. The highest BCUT2D eigenvalue weighted by molar-refractivity contribution is 5.97. The van der Waals surface area contributed by atoms with Crippen molar-refractivity contribution in [2.75, 3.05) is 0 Å². The smallest absolute Gasteiger partial charge is 0.333 e. The molecule has 0 unspecified atom stereocenters. The number of nitrogens with one attached hydrogen (secondary N) is 1. The highest BCUT2D eigenvalue weighted by Gasteiger charge is 2.28. The van der Waals surface area contributed by atoms with Gasteiger partial charge < -0.3 is 10.1 Å². The van der Waals surface area contributed by atoms with Crippen molar-refractivity contribution in [2.45, 2.75) is 32.4 Å². The third kappa shape index (κ3) is 4.95. The van der Waals surface area contributed by atoms with Crippen molar-refractivity contribution in [3.8, 4) is 0 Å². The fourth-order valence-electron chi connectivity index (χ4n) is 2.09. The molecule has 2 rings (SSSR count). The van der Waals surface area contributed by atoms with Crippen LogP contribution in [0, 0.1) is 0 Å². The maximum absolute atomic E-state index is 12.5. The van der Waals surface area contributed by atoms with Crippen LogP contribution in [0.5, 0.6) is 0 Å². The Hall–Kier alpha value is -2.62. The quantitative estimate of drug-likeness (QED) is 0.879. The Balaban J connectivity index is 2.24. The molecule has 0 spiro atoms. The van der Waals surface area contributed by atoms with Crippen molar-refractivity contribution >= 4 is 11.9 Å². The zero-order valence-electron chi connectivity index (χ0n) is 13.6. The first kappa shape index (κ1) is 16.7. The Morgan fingerprint density at radius 3 is 1.96 bits per heavy atom. The molecular weight excluding hydrogens is 290 g/mol. The van der Waals surface area contributed by atoms with Crippen LogP contribution in [-0.4, -0.2) is 17.5 Å². The molecule has 0 aliphatic heterocycles. The molecule has 0 aromatic heterocycles. The number of carbonyl (C=O) groups excluding carboxylic acids is 2. The van der Waals surface area contributed by atoms with E-state index in [1.165, 1.54) is 0 Å². The predicted octanol–water partition coefficient (Wildman–Crippen LogP) is 3.50. The minimum Gasteiger partial charge on any atom is -0.458 e. The largest absolute Gasteiger partial charge is 0.458 e. The van der Waals surface area contributed by atoms with Gasteiger partial charge in [-0.25, -0.2) is 4.79 Å². The van der Waals surface area contributed by atoms with Crippen molar-refractivity contribution in [3.05, 3.63) is 71.8 Å². The number of rotatable bonds is 4. The van der Waals surface area contributed by atoms with Crippen LogP contribution < -0.4 is 5.32 Å². The third-order valence-electron chi connectivity index (χ3n) is 3.09. The van der Waals surface area contributed by atoms with E-state index in [1.54, 1.807) is 57.2 Å². The number of ether oxygens (including phenoxy) is 1. The first-order valence-corrected chi connectivity index (χ1v) is 7.50. The molecule has 0 radical (unpaired) electrons. The summed E-state index contributed by atoms with van der Waals surface area (Å²) in [5.41, 5.74) is 0.560. The lowest BCUT2D eigenvalue weighted by molar-refractivity contribution is -0.157. The van der Waals surface area contributed by atoms with E-state index in [4.69, 9.17) is 4.74 Å². The van der Waals surface area contributed by atoms with E-state index < -0.39 is 17.6 Å². The van der Waals surface area contributed by atoms with E-state index in [-0.39, 0.29) is 5.91 Å². The molecule has 120 valence electrons. The summed E-state index contributed by atoms with van der Waals surface area (Å²) in [7, 11) is 0. The molecule has 4 heteroatoms. The standard InChI is InChI=1S/C19H21NO3/c1-19(2,3)23-18(22)16(14-10-6-4-7-11-14)20-17(21)15-12-8-5-9-13-15/h4-13,16H,1-3H3,(H,20,21)/t16-/m0/s1. The van der Waals surface area contributed by atoms with Gasteiger partial charge in [-0.05, 0) is 38.5 Å². The molecule has 0 aliphatic carbocycles. The van der Waals surface area contributed by atoms with Crippen molar-refractivity contribution in [3.63, 3.8) is 0 Å². The van der Waals surface area contributed by atoms with Gasteiger partial charge in [-0.1, -0.05) is 48.5 Å². The summed E-state index contributed by atoms with van der Waals surface area (Å²) in [6.07, 6.45) is 0. The summed E-state index contributed by atoms with van der Waals surface area (Å²) >= 11 is 0. The van der Waals surface area contributed by atoms with E-state index in [0.717, 1.165) is 0 Å². The second kappa shape index (κ2) is 7.09. The van der Waals surface area contributed by atoms with Gasteiger partial charge in [0.05, 0.1) is 0 Å². The molecule has 0 heterocycles. The van der Waals surface area contributed by atoms with E-state index in [0.29, 0.717) is 11.1 Å². The van der Waals surface area contributed by atoms with Crippen LogP contribution in [0.25, 0.3) is 0 Å². The van der Waals surface area contributed by atoms with Crippen LogP contribution in [-0.2, 0) is 9.53 Å². The zero-order valence-corrected chi connectivity index (χ0v) is 13.6. The van der Waals surface area contributed by atoms with Crippen LogP contribution in [0.4, 0.5) is 0 Å². The van der Waals surface area contributed by atoms with Gasteiger partial charge in [-0.15, -0.1) is 0 Å². The van der Waals surface area contributed by atoms with Crippen molar-refractivity contribution in [1.29, 1.82) is 0 Å². The molecule has 23 heavy (non-hydrogen) atoms. The molecule has 0 fully saturated rings. The van der Waals surface area contributed by atoms with Gasteiger partial charge in [-0.2, -0.15) is 0 Å². The molecule has 0 saturated heterocycles. The summed E-state index contributed by atoms with van der Waals surface area (Å²) in [6, 6.07) is 17.0. The van der Waals surface area contributed by atoms with Crippen LogP contribution in [0.15, 0.2) is 60.7 Å². The minimum absolute atomic E-state index is 0.315. The summed E-state index contributed by atoms with van der Waals surface area (Å²) < 4.78 is 5.44. The van der Waals surface area contributed by atoms with Gasteiger partial charge >= 0.3 is 5.97 Å². The minimum atomic E-state index is -0.844. The lowest BCUT2D eigenvalue weighted by Crippen LogP contribution is -2.38. The molecule has 2 aromatic rings. The van der Waals surface area contributed by atoms with Crippen LogP contribution in [0.3, 0.4) is 0 Å². The summed E-state index contributed by atoms with van der Waals surface area (Å²) in [4.78, 5) is 24.9. The number of carbonyl (C=O) groups is 2. The summed E-state index contributed by atoms with van der Waals surface area (Å²) in [5.74, 6) is -0.793. The third-order valence-corrected chi connectivity index (χ3v) is 3.09. The van der Waals surface area contributed by atoms with Gasteiger partial charge in [0.25, 0.3) is 5.91 Å². The molecule has 0 bridgehead atoms. The first-order valence-electron chi connectivity index (χ1n) is 7.50. The number of hydrogen-bond acceptors (Lipinski definition) is 3. The van der Waals surface area contributed by atoms with Gasteiger partial charge in [0.1, 0.15) is 5.60 Å². The maximum atomic E-state index is 12.5. The molecular formula is C19H21NO3. The second-order valence-corrected chi connectivity index (χ2v) is 6.22. The molecule has 0 saturated carbocycles. The topological polar surface area (TPSA) is 55.4 Å². The normalized spacial score (nSPS) is 12.3. The van der Waals surface area contributed by atoms with Crippen molar-refractivity contribution in [1.82, 2.24) is 5.32 Å². The summed E-state index contributed by atoms with van der Waals surface area (Å²) in [6.45, 7) is 5.39. The zero-order chi connectivity index (χ0) is 16.9. The summed E-state index contributed by atoms with van der Waals surface area (Å²) in [5, 5.41) is 2.76. The SMILES string of the molecule is CC(C)(C)OC(=O)[C@@H](NC(=O)c1ccccc1)c1ccccc1. The number of esters is 1. The number of amides is 1. The van der Waals surface area contributed by atoms with E-state index in [9.17, 15) is 9.59 Å². The Labute approximate surface area is 136 Å². The monoisotopic (exact) mass is 311 g/mol. The molecule has 1 atom stereocenters. The Kier molecular flexibility index (Phi) is 5.16. The van der Waals surface area contributed by atoms with E-state index in [1.807, 2.05) is 24.3 Å². The van der Waals surface area contributed by atoms with Gasteiger partial charge in [-0.3, -0.25) is 4.79 Å². The first-order chi connectivity index (χ1) is 10.9. The van der Waals surface area contributed by atoms with Crippen LogP contribution in [0.2, 0.25) is 0 Å². The average molecular weight is 311 g/mol. The average Bonchev–Trinajstić information content (AvgIpc) is 2.52. The molecule has 2 aromatic carbocycles.